The Hall–Kier alpha value is -3.76. The van der Waals surface area contributed by atoms with Crippen LogP contribution in [-0.2, 0) is 16.0 Å². The largest absolute Gasteiger partial charge is 0.508 e. The second-order valence-electron chi connectivity index (χ2n) is 10.3. The molecule has 3 aliphatic rings. The fourth-order valence-corrected chi connectivity index (χ4v) is 5.85. The van der Waals surface area contributed by atoms with E-state index in [9.17, 15) is 15.0 Å². The first-order chi connectivity index (χ1) is 19.1. The summed E-state index contributed by atoms with van der Waals surface area (Å²) in [6.07, 6.45) is 2.29. The number of aromatic nitrogens is 3. The van der Waals surface area contributed by atoms with E-state index < -0.39 is 0 Å². The van der Waals surface area contributed by atoms with Gasteiger partial charge in [0.1, 0.15) is 5.75 Å². The number of piperidine rings is 1. The molecule has 0 saturated carbocycles. The molecule has 2 saturated heterocycles. The van der Waals surface area contributed by atoms with Gasteiger partial charge in [-0.05, 0) is 42.5 Å². The Kier molecular flexibility index (Phi) is 7.30. The number of carbonyl (C=O) groups is 1. The first-order valence-electron chi connectivity index (χ1n) is 13.7. The molecule has 1 atom stereocenters. The second kappa shape index (κ2) is 11.2. The van der Waals surface area contributed by atoms with Crippen molar-refractivity contribution in [1.82, 2.24) is 19.9 Å². The fourth-order valence-electron chi connectivity index (χ4n) is 5.85. The number of amides is 1. The minimum absolute atomic E-state index is 0.0106. The number of ether oxygens (including phenoxy) is 1. The molecule has 4 heterocycles. The molecule has 0 spiro atoms. The van der Waals surface area contributed by atoms with Gasteiger partial charge in [-0.2, -0.15) is 15.0 Å². The summed E-state index contributed by atoms with van der Waals surface area (Å²) >= 11 is 0. The maximum absolute atomic E-state index is 13.1. The summed E-state index contributed by atoms with van der Waals surface area (Å²) in [6.45, 7) is 4.46. The van der Waals surface area contributed by atoms with Crippen LogP contribution in [0.2, 0.25) is 0 Å². The van der Waals surface area contributed by atoms with Crippen molar-refractivity contribution in [2.45, 2.75) is 25.3 Å². The Labute approximate surface area is 227 Å². The maximum Gasteiger partial charge on any atom is 0.231 e. The van der Waals surface area contributed by atoms with Gasteiger partial charge in [0.25, 0.3) is 0 Å². The van der Waals surface area contributed by atoms with Gasteiger partial charge in [0.15, 0.2) is 5.82 Å². The number of aliphatic hydroxyl groups excluding tert-OH is 1. The quantitative estimate of drug-likeness (QED) is 0.513. The number of phenols is 1. The van der Waals surface area contributed by atoms with Crippen molar-refractivity contribution in [1.29, 1.82) is 0 Å². The lowest BCUT2D eigenvalue weighted by atomic mass is 9.93. The van der Waals surface area contributed by atoms with Crippen LogP contribution < -0.4 is 9.80 Å². The second-order valence-corrected chi connectivity index (χ2v) is 10.3. The molecule has 2 N–H and O–H groups in total. The van der Waals surface area contributed by atoms with Crippen molar-refractivity contribution in [3.05, 3.63) is 59.7 Å². The number of morpholine rings is 1. The zero-order valence-electron chi connectivity index (χ0n) is 21.9. The molecule has 0 bridgehead atoms. The summed E-state index contributed by atoms with van der Waals surface area (Å²) < 4.78 is 5.40. The molecular weight excluding hydrogens is 496 g/mol. The smallest absolute Gasteiger partial charge is 0.231 e. The number of hydrogen-bond acceptors (Lipinski definition) is 9. The molecule has 204 valence electrons. The van der Waals surface area contributed by atoms with Gasteiger partial charge in [-0.1, -0.05) is 36.4 Å². The maximum atomic E-state index is 13.1. The van der Waals surface area contributed by atoms with Gasteiger partial charge in [-0.15, -0.1) is 0 Å². The number of phenolic OH excluding ortho intramolecular Hbond substituents is 1. The van der Waals surface area contributed by atoms with Crippen molar-refractivity contribution < 1.29 is 19.7 Å². The van der Waals surface area contributed by atoms with Crippen molar-refractivity contribution in [2.75, 3.05) is 62.3 Å². The number of aromatic hydroxyl groups is 1. The van der Waals surface area contributed by atoms with E-state index in [-0.39, 0.29) is 30.2 Å². The van der Waals surface area contributed by atoms with Crippen molar-refractivity contribution in [3.8, 4) is 17.1 Å². The van der Waals surface area contributed by atoms with Crippen molar-refractivity contribution >= 4 is 17.8 Å². The third kappa shape index (κ3) is 5.26. The first-order valence-corrected chi connectivity index (χ1v) is 13.7. The summed E-state index contributed by atoms with van der Waals surface area (Å²) in [6, 6.07) is 14.8. The Morgan fingerprint density at radius 1 is 0.923 bits per heavy atom. The molecule has 6 rings (SSSR count). The molecule has 10 heteroatoms. The van der Waals surface area contributed by atoms with E-state index in [0.717, 1.165) is 24.8 Å². The standard InChI is InChI=1S/C29H34N6O4/c36-19-25-24-7-2-1-4-20(24)10-13-35(25)29-31-26(22-5-3-6-23(37)18-22)30-28(32-29)34-11-8-21(9-12-34)27(38)33-14-16-39-17-15-33/h1-7,18,21,25,36-37H,8-17,19H2. The molecular formula is C29H34N6O4. The molecule has 0 aliphatic carbocycles. The van der Waals surface area contributed by atoms with Crippen LogP contribution in [0.3, 0.4) is 0 Å². The average Bonchev–Trinajstić information content (AvgIpc) is 3.00. The Morgan fingerprint density at radius 3 is 2.46 bits per heavy atom. The Bertz CT molecular complexity index is 1320. The van der Waals surface area contributed by atoms with Crippen LogP contribution in [0.5, 0.6) is 5.75 Å². The number of rotatable bonds is 5. The topological polar surface area (TPSA) is 115 Å². The minimum atomic E-state index is -0.265. The number of benzene rings is 2. The van der Waals surface area contributed by atoms with Gasteiger partial charge in [0, 0.05) is 44.2 Å². The summed E-state index contributed by atoms with van der Waals surface area (Å²) in [5, 5.41) is 20.5. The summed E-state index contributed by atoms with van der Waals surface area (Å²) in [7, 11) is 0. The number of hydrogen-bond donors (Lipinski definition) is 2. The van der Waals surface area contributed by atoms with E-state index in [1.807, 2.05) is 23.1 Å². The number of fused-ring (bicyclic) bond motifs is 1. The fraction of sp³-hybridized carbons (Fsp3) is 0.448. The lowest BCUT2D eigenvalue weighted by Gasteiger charge is -2.38. The van der Waals surface area contributed by atoms with Gasteiger partial charge in [0.05, 0.1) is 25.9 Å². The molecule has 1 unspecified atom stereocenters. The summed E-state index contributed by atoms with van der Waals surface area (Å²) in [5.74, 6) is 1.85. The lowest BCUT2D eigenvalue weighted by Crippen LogP contribution is -2.47. The van der Waals surface area contributed by atoms with Crippen LogP contribution in [-0.4, -0.2) is 88.5 Å². The van der Waals surface area contributed by atoms with E-state index in [0.29, 0.717) is 69.2 Å². The molecule has 2 aromatic carbocycles. The van der Waals surface area contributed by atoms with Crippen LogP contribution in [0, 0.1) is 5.92 Å². The Balaban J connectivity index is 1.29. The average molecular weight is 531 g/mol. The van der Waals surface area contributed by atoms with E-state index in [2.05, 4.69) is 21.9 Å². The summed E-state index contributed by atoms with van der Waals surface area (Å²) in [5.41, 5.74) is 2.99. The zero-order chi connectivity index (χ0) is 26.8. The number of carbonyl (C=O) groups excluding carboxylic acids is 1. The van der Waals surface area contributed by atoms with Gasteiger partial charge >= 0.3 is 0 Å². The van der Waals surface area contributed by atoms with Crippen molar-refractivity contribution in [3.63, 3.8) is 0 Å². The molecule has 1 aromatic heterocycles. The molecule has 10 nitrogen and oxygen atoms in total. The van der Waals surface area contributed by atoms with Crippen LogP contribution in [0.15, 0.2) is 48.5 Å². The van der Waals surface area contributed by atoms with E-state index in [1.165, 1.54) is 5.56 Å². The Morgan fingerprint density at radius 2 is 1.69 bits per heavy atom. The highest BCUT2D eigenvalue weighted by atomic mass is 16.5. The van der Waals surface area contributed by atoms with Gasteiger partial charge in [-0.25, -0.2) is 0 Å². The van der Waals surface area contributed by atoms with Crippen LogP contribution >= 0.6 is 0 Å². The van der Waals surface area contributed by atoms with E-state index >= 15 is 0 Å². The number of aliphatic hydroxyl groups is 1. The SMILES string of the molecule is O=C(C1CCN(c2nc(-c3cccc(O)c3)nc(N3CCc4ccccc4C3CO)n2)CC1)N1CCOCC1. The molecule has 3 aromatic rings. The molecule has 3 aliphatic heterocycles. The van der Waals surface area contributed by atoms with Crippen LogP contribution in [0.4, 0.5) is 11.9 Å². The van der Waals surface area contributed by atoms with E-state index in [4.69, 9.17) is 19.7 Å². The molecule has 2 fully saturated rings. The van der Waals surface area contributed by atoms with Crippen LogP contribution in [0.1, 0.15) is 30.0 Å². The third-order valence-corrected chi connectivity index (χ3v) is 8.01. The first kappa shape index (κ1) is 25.5. The zero-order valence-corrected chi connectivity index (χ0v) is 21.9. The highest BCUT2D eigenvalue weighted by molar-refractivity contribution is 5.79. The normalized spacial score (nSPS) is 20.1. The molecule has 39 heavy (non-hydrogen) atoms. The summed E-state index contributed by atoms with van der Waals surface area (Å²) in [4.78, 5) is 33.7. The molecule has 0 radical (unpaired) electrons. The van der Waals surface area contributed by atoms with E-state index in [1.54, 1.807) is 18.2 Å². The number of nitrogens with zero attached hydrogens (tertiary/aromatic N) is 6. The van der Waals surface area contributed by atoms with Crippen LogP contribution in [0.25, 0.3) is 11.4 Å². The number of anilines is 2. The highest BCUT2D eigenvalue weighted by Gasteiger charge is 2.33. The van der Waals surface area contributed by atoms with Gasteiger partial charge in [0.2, 0.25) is 17.8 Å². The molecule has 1 amide bonds. The lowest BCUT2D eigenvalue weighted by molar-refractivity contribution is -0.140. The van der Waals surface area contributed by atoms with Gasteiger partial charge in [-0.3, -0.25) is 4.79 Å². The predicted octanol–water partition coefficient (Wildman–Crippen LogP) is 2.42. The predicted molar refractivity (Wildman–Crippen MR) is 147 cm³/mol. The minimum Gasteiger partial charge on any atom is -0.508 e. The highest BCUT2D eigenvalue weighted by Crippen LogP contribution is 2.34. The van der Waals surface area contributed by atoms with Gasteiger partial charge < -0.3 is 29.6 Å². The monoisotopic (exact) mass is 530 g/mol. The van der Waals surface area contributed by atoms with Crippen molar-refractivity contribution in [2.24, 2.45) is 5.92 Å². The third-order valence-electron chi connectivity index (χ3n) is 8.01.